The molecule has 1 aliphatic heterocycles. The van der Waals surface area contributed by atoms with Crippen LogP contribution in [0.2, 0.25) is 0 Å². The fourth-order valence-corrected chi connectivity index (χ4v) is 4.10. The highest BCUT2D eigenvalue weighted by molar-refractivity contribution is 7.89. The van der Waals surface area contributed by atoms with Crippen LogP contribution in [0.25, 0.3) is 0 Å². The van der Waals surface area contributed by atoms with E-state index in [0.717, 1.165) is 18.4 Å². The molecular formula is C14H22N2O3S. The molecule has 112 valence electrons. The Labute approximate surface area is 121 Å². The van der Waals surface area contributed by atoms with Gasteiger partial charge >= 0.3 is 0 Å². The van der Waals surface area contributed by atoms with Crippen LogP contribution in [0, 0.1) is 6.92 Å². The lowest BCUT2D eigenvalue weighted by Crippen LogP contribution is -2.43. The molecule has 0 saturated carbocycles. The molecule has 0 radical (unpaired) electrons. The highest BCUT2D eigenvalue weighted by Gasteiger charge is 2.29. The Kier molecular flexibility index (Phi) is 4.67. The van der Waals surface area contributed by atoms with E-state index in [0.29, 0.717) is 29.8 Å². The van der Waals surface area contributed by atoms with E-state index in [4.69, 9.17) is 4.74 Å². The first-order chi connectivity index (χ1) is 9.48. The first-order valence-corrected chi connectivity index (χ1v) is 8.25. The van der Waals surface area contributed by atoms with Gasteiger partial charge in [-0.2, -0.15) is 4.31 Å². The average molecular weight is 298 g/mol. The minimum atomic E-state index is -3.39. The smallest absolute Gasteiger partial charge is 0.243 e. The van der Waals surface area contributed by atoms with E-state index in [1.165, 1.54) is 0 Å². The number of hydrogen-bond donors (Lipinski definition) is 1. The van der Waals surface area contributed by atoms with E-state index in [1.54, 1.807) is 29.6 Å². The van der Waals surface area contributed by atoms with Gasteiger partial charge in [0.05, 0.1) is 12.0 Å². The van der Waals surface area contributed by atoms with Gasteiger partial charge in [0.15, 0.2) is 0 Å². The summed E-state index contributed by atoms with van der Waals surface area (Å²) >= 11 is 0. The molecule has 1 saturated heterocycles. The fourth-order valence-electron chi connectivity index (χ4n) is 2.55. The molecule has 1 aromatic rings. The highest BCUT2D eigenvalue weighted by atomic mass is 32.2. The quantitative estimate of drug-likeness (QED) is 0.912. The van der Waals surface area contributed by atoms with Crippen LogP contribution < -0.4 is 10.1 Å². The second-order valence-corrected chi connectivity index (χ2v) is 7.04. The minimum Gasteiger partial charge on any atom is -0.496 e. The van der Waals surface area contributed by atoms with Gasteiger partial charge < -0.3 is 10.1 Å². The van der Waals surface area contributed by atoms with Crippen molar-refractivity contribution in [2.75, 3.05) is 27.2 Å². The summed E-state index contributed by atoms with van der Waals surface area (Å²) in [5, 5.41) is 3.20. The maximum atomic E-state index is 12.6. The third-order valence-electron chi connectivity index (χ3n) is 3.87. The van der Waals surface area contributed by atoms with Crippen molar-refractivity contribution in [3.63, 3.8) is 0 Å². The zero-order valence-electron chi connectivity index (χ0n) is 12.2. The van der Waals surface area contributed by atoms with Crippen molar-refractivity contribution in [3.8, 4) is 5.75 Å². The lowest BCUT2D eigenvalue weighted by Gasteiger charge is -2.31. The van der Waals surface area contributed by atoms with Crippen LogP contribution in [0.1, 0.15) is 18.4 Å². The number of sulfonamides is 1. The molecule has 0 atom stereocenters. The summed E-state index contributed by atoms with van der Waals surface area (Å²) in [6, 6.07) is 5.42. The van der Waals surface area contributed by atoms with Crippen LogP contribution in [-0.4, -0.2) is 46.0 Å². The van der Waals surface area contributed by atoms with Crippen molar-refractivity contribution < 1.29 is 13.2 Å². The second-order valence-electron chi connectivity index (χ2n) is 5.10. The Morgan fingerprint density at radius 2 is 1.95 bits per heavy atom. The SMILES string of the molecule is CNC1CCN(S(=O)(=O)c2ccc(OC)c(C)c2)CC1. The maximum Gasteiger partial charge on any atom is 0.243 e. The van der Waals surface area contributed by atoms with Crippen molar-refractivity contribution in [1.29, 1.82) is 0 Å². The van der Waals surface area contributed by atoms with E-state index < -0.39 is 10.0 Å². The standard InChI is InChI=1S/C14H22N2O3S/c1-11-10-13(4-5-14(11)19-3)20(17,18)16-8-6-12(15-2)7-9-16/h4-5,10,12,15H,6-9H2,1-3H3. The van der Waals surface area contributed by atoms with E-state index in [2.05, 4.69) is 5.32 Å². The van der Waals surface area contributed by atoms with Crippen molar-refractivity contribution in [3.05, 3.63) is 23.8 Å². The third kappa shape index (κ3) is 2.97. The number of ether oxygens (including phenoxy) is 1. The molecule has 0 aromatic heterocycles. The van der Waals surface area contributed by atoms with Crippen LogP contribution in [0.15, 0.2) is 23.1 Å². The fraction of sp³-hybridized carbons (Fsp3) is 0.571. The zero-order chi connectivity index (χ0) is 14.8. The number of rotatable bonds is 4. The molecule has 20 heavy (non-hydrogen) atoms. The summed E-state index contributed by atoms with van der Waals surface area (Å²) in [5.41, 5.74) is 0.832. The molecule has 1 N–H and O–H groups in total. The summed E-state index contributed by atoms with van der Waals surface area (Å²) in [4.78, 5) is 0.346. The summed E-state index contributed by atoms with van der Waals surface area (Å²) < 4.78 is 31.9. The van der Waals surface area contributed by atoms with Gasteiger partial charge in [0.25, 0.3) is 0 Å². The van der Waals surface area contributed by atoms with Gasteiger partial charge in [0.1, 0.15) is 5.75 Å². The Hall–Kier alpha value is -1.11. The molecule has 5 nitrogen and oxygen atoms in total. The van der Waals surface area contributed by atoms with Gasteiger partial charge in [0, 0.05) is 19.1 Å². The van der Waals surface area contributed by atoms with Crippen LogP contribution in [0.3, 0.4) is 0 Å². The van der Waals surface area contributed by atoms with Gasteiger partial charge in [-0.05, 0) is 50.6 Å². The van der Waals surface area contributed by atoms with Crippen LogP contribution in [-0.2, 0) is 10.0 Å². The maximum absolute atomic E-state index is 12.6. The minimum absolute atomic E-state index is 0.346. The number of nitrogens with one attached hydrogen (secondary N) is 1. The Morgan fingerprint density at radius 1 is 1.30 bits per heavy atom. The van der Waals surface area contributed by atoms with E-state index in [9.17, 15) is 8.42 Å². The van der Waals surface area contributed by atoms with E-state index in [1.807, 2.05) is 14.0 Å². The summed E-state index contributed by atoms with van der Waals surface area (Å²) in [6.45, 7) is 2.99. The second kappa shape index (κ2) is 6.11. The summed E-state index contributed by atoms with van der Waals surface area (Å²) in [7, 11) is 0.110. The predicted molar refractivity (Wildman–Crippen MR) is 78.6 cm³/mol. The topological polar surface area (TPSA) is 58.6 Å². The Bertz CT molecular complexity index is 564. The third-order valence-corrected chi connectivity index (χ3v) is 5.76. The number of piperidine rings is 1. The van der Waals surface area contributed by atoms with E-state index in [-0.39, 0.29) is 0 Å². The van der Waals surface area contributed by atoms with Crippen LogP contribution >= 0.6 is 0 Å². The molecule has 0 unspecified atom stereocenters. The van der Waals surface area contributed by atoms with Crippen molar-refractivity contribution in [2.45, 2.75) is 30.7 Å². The first-order valence-electron chi connectivity index (χ1n) is 6.81. The lowest BCUT2D eigenvalue weighted by atomic mass is 10.1. The number of hydrogen-bond acceptors (Lipinski definition) is 4. The molecule has 1 fully saturated rings. The molecule has 0 spiro atoms. The normalized spacial score (nSPS) is 18.1. The average Bonchev–Trinajstić information content (AvgIpc) is 2.47. The number of benzene rings is 1. The van der Waals surface area contributed by atoms with Crippen LogP contribution in [0.5, 0.6) is 5.75 Å². The zero-order valence-corrected chi connectivity index (χ0v) is 13.0. The first kappa shape index (κ1) is 15.3. The van der Waals surface area contributed by atoms with Gasteiger partial charge in [-0.3, -0.25) is 0 Å². The highest BCUT2D eigenvalue weighted by Crippen LogP contribution is 2.25. The van der Waals surface area contributed by atoms with Crippen LogP contribution in [0.4, 0.5) is 0 Å². The van der Waals surface area contributed by atoms with Crippen molar-refractivity contribution >= 4 is 10.0 Å². The van der Waals surface area contributed by atoms with Gasteiger partial charge in [0.2, 0.25) is 10.0 Å². The molecule has 2 rings (SSSR count). The molecule has 0 amide bonds. The number of nitrogens with zero attached hydrogens (tertiary/aromatic N) is 1. The largest absolute Gasteiger partial charge is 0.496 e. The van der Waals surface area contributed by atoms with Crippen molar-refractivity contribution in [1.82, 2.24) is 9.62 Å². The molecule has 1 aromatic carbocycles. The van der Waals surface area contributed by atoms with Gasteiger partial charge in [-0.1, -0.05) is 0 Å². The number of methoxy groups -OCH3 is 1. The molecule has 6 heteroatoms. The molecule has 1 aliphatic rings. The lowest BCUT2D eigenvalue weighted by molar-refractivity contribution is 0.298. The monoisotopic (exact) mass is 298 g/mol. The van der Waals surface area contributed by atoms with E-state index >= 15 is 0 Å². The Morgan fingerprint density at radius 3 is 2.45 bits per heavy atom. The summed E-state index contributed by atoms with van der Waals surface area (Å²) in [6.07, 6.45) is 1.70. The molecule has 0 bridgehead atoms. The van der Waals surface area contributed by atoms with Gasteiger partial charge in [-0.25, -0.2) is 8.42 Å². The molecule has 0 aliphatic carbocycles. The van der Waals surface area contributed by atoms with Gasteiger partial charge in [-0.15, -0.1) is 0 Å². The molecular weight excluding hydrogens is 276 g/mol. The predicted octanol–water partition coefficient (Wildman–Crippen LogP) is 1.38. The molecule has 1 heterocycles. The van der Waals surface area contributed by atoms with Crippen molar-refractivity contribution in [2.24, 2.45) is 0 Å². The summed E-state index contributed by atoms with van der Waals surface area (Å²) in [5.74, 6) is 0.706. The Balaban J connectivity index is 2.20. The number of aryl methyl sites for hydroxylation is 1.